The molecule has 1 heterocycles. The molecule has 4 heteroatoms. The van der Waals surface area contributed by atoms with Crippen LogP contribution in [-0.2, 0) is 11.3 Å². The van der Waals surface area contributed by atoms with Crippen LogP contribution in [0.3, 0.4) is 0 Å². The van der Waals surface area contributed by atoms with Gasteiger partial charge in [-0.1, -0.05) is 6.07 Å². The quantitative estimate of drug-likeness (QED) is 0.782. The van der Waals surface area contributed by atoms with Gasteiger partial charge in [0.05, 0.1) is 17.5 Å². The highest BCUT2D eigenvalue weighted by atomic mass is 32.2. The van der Waals surface area contributed by atoms with Gasteiger partial charge in [-0.2, -0.15) is 11.8 Å². The van der Waals surface area contributed by atoms with Crippen LogP contribution in [0.25, 0.3) is 0 Å². The third-order valence-corrected chi connectivity index (χ3v) is 3.11. The highest BCUT2D eigenvalue weighted by Gasteiger charge is 2.16. The zero-order valence-electron chi connectivity index (χ0n) is 9.30. The molecule has 1 amide bonds. The lowest BCUT2D eigenvalue weighted by molar-refractivity contribution is -0.129. The Hall–Kier alpha value is -1.03. The van der Waals surface area contributed by atoms with Crippen LogP contribution in [0.4, 0.5) is 0 Å². The zero-order chi connectivity index (χ0) is 11.3. The number of aromatic nitrogens is 1. The van der Waals surface area contributed by atoms with Crippen molar-refractivity contribution in [1.29, 1.82) is 0 Å². The third-order valence-electron chi connectivity index (χ3n) is 2.20. The van der Waals surface area contributed by atoms with Crippen LogP contribution in [0.2, 0.25) is 0 Å². The number of carbonyl (C=O) groups excluding carboxylic acids is 1. The Morgan fingerprint density at radius 3 is 2.87 bits per heavy atom. The van der Waals surface area contributed by atoms with Crippen molar-refractivity contribution in [3.8, 4) is 0 Å². The summed E-state index contributed by atoms with van der Waals surface area (Å²) in [5.74, 6) is 0.146. The summed E-state index contributed by atoms with van der Waals surface area (Å²) in [7, 11) is 1.81. The van der Waals surface area contributed by atoms with E-state index >= 15 is 0 Å². The fourth-order valence-electron chi connectivity index (χ4n) is 1.22. The maximum atomic E-state index is 11.8. The van der Waals surface area contributed by atoms with Gasteiger partial charge in [-0.25, -0.2) is 0 Å². The summed E-state index contributed by atoms with van der Waals surface area (Å²) in [4.78, 5) is 17.7. The van der Waals surface area contributed by atoms with Gasteiger partial charge in [0.1, 0.15) is 0 Å². The molecule has 1 atom stereocenters. The number of rotatable bonds is 4. The number of carbonyl (C=O) groups is 1. The zero-order valence-corrected chi connectivity index (χ0v) is 10.1. The molecule has 0 saturated carbocycles. The van der Waals surface area contributed by atoms with Crippen LogP contribution in [-0.4, -0.2) is 34.3 Å². The van der Waals surface area contributed by atoms with Gasteiger partial charge < -0.3 is 4.90 Å². The number of nitrogens with zero attached hydrogens (tertiary/aromatic N) is 2. The van der Waals surface area contributed by atoms with Gasteiger partial charge in [0, 0.05) is 13.2 Å². The highest BCUT2D eigenvalue weighted by Crippen LogP contribution is 2.09. The summed E-state index contributed by atoms with van der Waals surface area (Å²) >= 11 is 1.56. The number of hydrogen-bond acceptors (Lipinski definition) is 3. The van der Waals surface area contributed by atoms with E-state index < -0.39 is 0 Å². The predicted octanol–water partition coefficient (Wildman–Crippen LogP) is 1.79. The van der Waals surface area contributed by atoms with Crippen molar-refractivity contribution in [2.45, 2.75) is 18.7 Å². The molecule has 82 valence electrons. The lowest BCUT2D eigenvalue weighted by atomic mass is 10.3. The van der Waals surface area contributed by atoms with Crippen LogP contribution in [0, 0.1) is 0 Å². The Balaban J connectivity index is 2.56. The van der Waals surface area contributed by atoms with Crippen LogP contribution in [0.15, 0.2) is 24.4 Å². The fraction of sp³-hybridized carbons (Fsp3) is 0.455. The van der Waals surface area contributed by atoms with E-state index in [-0.39, 0.29) is 11.2 Å². The van der Waals surface area contributed by atoms with Crippen molar-refractivity contribution in [3.05, 3.63) is 30.1 Å². The van der Waals surface area contributed by atoms with Crippen LogP contribution in [0.1, 0.15) is 12.6 Å². The predicted molar refractivity (Wildman–Crippen MR) is 63.7 cm³/mol. The maximum absolute atomic E-state index is 11.8. The SMILES string of the molecule is CSC(C)C(=O)N(C)Cc1ccccn1. The smallest absolute Gasteiger partial charge is 0.235 e. The Kier molecular flexibility index (Phi) is 4.62. The van der Waals surface area contributed by atoms with Crippen molar-refractivity contribution in [2.75, 3.05) is 13.3 Å². The summed E-state index contributed by atoms with van der Waals surface area (Å²) in [5, 5.41) is 0.0127. The molecule has 0 bridgehead atoms. The van der Waals surface area contributed by atoms with E-state index in [4.69, 9.17) is 0 Å². The molecule has 15 heavy (non-hydrogen) atoms. The molecule has 1 aromatic rings. The van der Waals surface area contributed by atoms with E-state index in [2.05, 4.69) is 4.98 Å². The van der Waals surface area contributed by atoms with Gasteiger partial charge >= 0.3 is 0 Å². The van der Waals surface area contributed by atoms with Crippen LogP contribution in [0.5, 0.6) is 0 Å². The van der Waals surface area contributed by atoms with Crippen LogP contribution >= 0.6 is 11.8 Å². The second kappa shape index (κ2) is 5.75. The molecule has 0 aliphatic rings. The number of hydrogen-bond donors (Lipinski definition) is 0. The molecule has 1 aromatic heterocycles. The lowest BCUT2D eigenvalue weighted by Gasteiger charge is -2.19. The molecule has 3 nitrogen and oxygen atoms in total. The topological polar surface area (TPSA) is 33.2 Å². The van der Waals surface area contributed by atoms with E-state index in [1.165, 1.54) is 0 Å². The maximum Gasteiger partial charge on any atom is 0.235 e. The highest BCUT2D eigenvalue weighted by molar-refractivity contribution is 7.99. The standard InChI is InChI=1S/C11H16N2OS/c1-9(15-3)11(14)13(2)8-10-6-4-5-7-12-10/h4-7,9H,8H2,1-3H3. The van der Waals surface area contributed by atoms with Gasteiger partial charge in [-0.15, -0.1) is 0 Å². The average molecular weight is 224 g/mol. The molecular weight excluding hydrogens is 208 g/mol. The minimum absolute atomic E-state index is 0.0127. The summed E-state index contributed by atoms with van der Waals surface area (Å²) < 4.78 is 0. The largest absolute Gasteiger partial charge is 0.339 e. The van der Waals surface area contributed by atoms with E-state index in [0.29, 0.717) is 6.54 Å². The van der Waals surface area contributed by atoms with Gasteiger partial charge in [0.25, 0.3) is 0 Å². The molecule has 0 aromatic carbocycles. The first kappa shape index (κ1) is 12.0. The molecule has 0 N–H and O–H groups in total. The molecule has 0 radical (unpaired) electrons. The summed E-state index contributed by atoms with van der Waals surface area (Å²) in [5.41, 5.74) is 0.918. The number of amides is 1. The van der Waals surface area contributed by atoms with E-state index in [0.717, 1.165) is 5.69 Å². The van der Waals surface area contributed by atoms with Crippen molar-refractivity contribution < 1.29 is 4.79 Å². The first-order valence-corrected chi connectivity index (χ1v) is 6.11. The molecule has 0 spiro atoms. The number of pyridine rings is 1. The Bertz CT molecular complexity index is 316. The third kappa shape index (κ3) is 3.55. The Morgan fingerprint density at radius 1 is 1.60 bits per heavy atom. The normalized spacial score (nSPS) is 12.2. The van der Waals surface area contributed by atoms with Gasteiger partial charge in [-0.05, 0) is 25.3 Å². The average Bonchev–Trinajstić information content (AvgIpc) is 2.28. The lowest BCUT2D eigenvalue weighted by Crippen LogP contribution is -2.32. The molecule has 0 fully saturated rings. The van der Waals surface area contributed by atoms with Crippen molar-refractivity contribution in [1.82, 2.24) is 9.88 Å². The summed E-state index contributed by atoms with van der Waals surface area (Å²) in [6.45, 7) is 2.49. The van der Waals surface area contributed by atoms with E-state index in [9.17, 15) is 4.79 Å². The van der Waals surface area contributed by atoms with Gasteiger partial charge in [0.2, 0.25) is 5.91 Å². The molecule has 1 rings (SSSR count). The molecule has 0 aliphatic heterocycles. The van der Waals surface area contributed by atoms with Crippen LogP contribution < -0.4 is 0 Å². The first-order chi connectivity index (χ1) is 7.15. The summed E-state index contributed by atoms with van der Waals surface area (Å²) in [6.07, 6.45) is 3.68. The minimum atomic E-state index is 0.0127. The second-order valence-corrected chi connectivity index (χ2v) is 4.57. The van der Waals surface area contributed by atoms with Crippen molar-refractivity contribution in [2.24, 2.45) is 0 Å². The van der Waals surface area contributed by atoms with Crippen molar-refractivity contribution in [3.63, 3.8) is 0 Å². The molecular formula is C11H16N2OS. The Morgan fingerprint density at radius 2 is 2.33 bits per heavy atom. The molecule has 1 unspecified atom stereocenters. The second-order valence-electron chi connectivity index (χ2n) is 3.39. The Labute approximate surface area is 94.9 Å². The van der Waals surface area contributed by atoms with Gasteiger partial charge in [0.15, 0.2) is 0 Å². The number of thioether (sulfide) groups is 1. The van der Waals surface area contributed by atoms with E-state index in [1.807, 2.05) is 38.4 Å². The van der Waals surface area contributed by atoms with Gasteiger partial charge in [-0.3, -0.25) is 9.78 Å². The molecule has 0 aliphatic carbocycles. The molecule has 0 saturated heterocycles. The summed E-state index contributed by atoms with van der Waals surface area (Å²) in [6, 6.07) is 5.72. The fourth-order valence-corrected chi connectivity index (χ4v) is 1.61. The minimum Gasteiger partial charge on any atom is -0.339 e. The monoisotopic (exact) mass is 224 g/mol. The van der Waals surface area contributed by atoms with E-state index in [1.54, 1.807) is 22.9 Å². The van der Waals surface area contributed by atoms with Crippen molar-refractivity contribution >= 4 is 17.7 Å². The first-order valence-electron chi connectivity index (χ1n) is 4.83.